The van der Waals surface area contributed by atoms with Crippen molar-refractivity contribution in [2.45, 2.75) is 25.7 Å². The predicted octanol–water partition coefficient (Wildman–Crippen LogP) is 1.95. The maximum Gasteiger partial charge on any atom is 0.407 e. The summed E-state index contributed by atoms with van der Waals surface area (Å²) in [6.07, 6.45) is 4.90. The van der Waals surface area contributed by atoms with Crippen molar-refractivity contribution < 1.29 is 38.0 Å². The third-order valence-electron chi connectivity index (χ3n) is 5.52. The Morgan fingerprint density at radius 3 is 1.85 bits per heavy atom. The summed E-state index contributed by atoms with van der Waals surface area (Å²) in [6, 6.07) is 0. The van der Waals surface area contributed by atoms with Gasteiger partial charge in [-0.15, -0.1) is 11.8 Å². The van der Waals surface area contributed by atoms with E-state index in [1.807, 2.05) is 0 Å². The normalized spacial score (nSPS) is 20.9. The molecule has 0 radical (unpaired) electrons. The van der Waals surface area contributed by atoms with Gasteiger partial charge < -0.3 is 33.7 Å². The van der Waals surface area contributed by atoms with Gasteiger partial charge in [0, 0.05) is 25.5 Å². The Labute approximate surface area is 196 Å². The molecule has 0 aromatic heterocycles. The van der Waals surface area contributed by atoms with Crippen LogP contribution in [0.5, 0.6) is 0 Å². The molecule has 0 heterocycles. The second-order valence-corrected chi connectivity index (χ2v) is 7.77. The Morgan fingerprint density at radius 2 is 1.30 bits per heavy atom. The third kappa shape index (κ3) is 12.6. The highest BCUT2D eigenvalue weighted by Crippen LogP contribution is 2.52. The molecule has 1 saturated carbocycles. The minimum atomic E-state index is -0.460. The molecule has 0 aliphatic heterocycles. The molecule has 0 bridgehead atoms. The van der Waals surface area contributed by atoms with E-state index in [0.29, 0.717) is 83.8 Å². The van der Waals surface area contributed by atoms with Gasteiger partial charge in [0.2, 0.25) is 0 Å². The van der Waals surface area contributed by atoms with Crippen LogP contribution in [-0.2, 0) is 33.2 Å². The van der Waals surface area contributed by atoms with Crippen LogP contribution in [0.3, 0.4) is 0 Å². The highest BCUT2D eigenvalue weighted by Gasteiger charge is 2.49. The summed E-state index contributed by atoms with van der Waals surface area (Å²) in [6.45, 7) is 7.79. The van der Waals surface area contributed by atoms with Gasteiger partial charge in [-0.05, 0) is 30.6 Å². The van der Waals surface area contributed by atoms with E-state index in [4.69, 9.17) is 28.4 Å². The van der Waals surface area contributed by atoms with Crippen molar-refractivity contribution in [3.63, 3.8) is 0 Å². The van der Waals surface area contributed by atoms with Gasteiger partial charge >= 0.3 is 12.1 Å². The molecule has 186 valence electrons. The number of amides is 1. The van der Waals surface area contributed by atoms with E-state index in [1.54, 1.807) is 0 Å². The molecule has 0 spiro atoms. The summed E-state index contributed by atoms with van der Waals surface area (Å²) in [5, 5.41) is 2.71. The molecular weight excluding hydrogens is 430 g/mol. The first-order valence-electron chi connectivity index (χ1n) is 11.7. The molecule has 3 atom stereocenters. The summed E-state index contributed by atoms with van der Waals surface area (Å²) in [5.41, 5.74) is 0. The molecule has 1 fully saturated rings. The van der Waals surface area contributed by atoms with Crippen molar-refractivity contribution in [3.8, 4) is 11.8 Å². The van der Waals surface area contributed by atoms with Gasteiger partial charge in [0.1, 0.15) is 6.61 Å². The van der Waals surface area contributed by atoms with Crippen molar-refractivity contribution in [2.75, 3.05) is 72.6 Å². The largest absolute Gasteiger partial charge is 0.460 e. The Morgan fingerprint density at radius 1 is 0.788 bits per heavy atom. The molecule has 33 heavy (non-hydrogen) atoms. The molecule has 0 aromatic carbocycles. The second-order valence-electron chi connectivity index (χ2n) is 7.77. The molecule has 9 nitrogen and oxygen atoms in total. The van der Waals surface area contributed by atoms with Crippen molar-refractivity contribution >= 4 is 12.1 Å². The molecule has 1 amide bonds. The van der Waals surface area contributed by atoms with E-state index in [9.17, 15) is 9.59 Å². The van der Waals surface area contributed by atoms with Crippen LogP contribution in [-0.4, -0.2) is 84.7 Å². The van der Waals surface area contributed by atoms with Gasteiger partial charge in [-0.2, -0.15) is 0 Å². The van der Waals surface area contributed by atoms with Crippen LogP contribution >= 0.6 is 0 Å². The van der Waals surface area contributed by atoms with E-state index in [2.05, 4.69) is 23.7 Å². The van der Waals surface area contributed by atoms with E-state index < -0.39 is 5.97 Å². The fourth-order valence-corrected chi connectivity index (χ4v) is 3.75. The number of carbonyl (C=O) groups excluding carboxylic acids is 2. The van der Waals surface area contributed by atoms with Crippen LogP contribution in [0.4, 0.5) is 4.79 Å². The number of nitrogens with one attached hydrogen (secondary N) is 1. The number of esters is 1. The molecule has 1 N–H and O–H groups in total. The lowest BCUT2D eigenvalue weighted by Crippen LogP contribution is -2.29. The van der Waals surface area contributed by atoms with E-state index in [1.165, 1.54) is 0 Å². The molecule has 0 aromatic rings. The van der Waals surface area contributed by atoms with Crippen LogP contribution in [0.1, 0.15) is 25.7 Å². The molecule has 2 aliphatic carbocycles. The summed E-state index contributed by atoms with van der Waals surface area (Å²) in [5.74, 6) is 7.76. The zero-order chi connectivity index (χ0) is 23.6. The first-order chi connectivity index (χ1) is 16.2. The number of rotatable bonds is 18. The Kier molecular flexibility index (Phi) is 14.3. The monoisotopic (exact) mass is 467 g/mol. The summed E-state index contributed by atoms with van der Waals surface area (Å²) < 4.78 is 31.6. The minimum Gasteiger partial charge on any atom is -0.460 e. The van der Waals surface area contributed by atoms with E-state index >= 15 is 0 Å². The number of fused-ring (bicyclic) bond motifs is 1. The lowest BCUT2D eigenvalue weighted by atomic mass is 10.1. The molecule has 1 unspecified atom stereocenters. The Balaban J connectivity index is 1.27. The predicted molar refractivity (Wildman–Crippen MR) is 120 cm³/mol. The van der Waals surface area contributed by atoms with Crippen LogP contribution in [0.2, 0.25) is 0 Å². The van der Waals surface area contributed by atoms with Crippen LogP contribution in [0, 0.1) is 29.6 Å². The minimum absolute atomic E-state index is 0.197. The van der Waals surface area contributed by atoms with Gasteiger partial charge in [-0.25, -0.2) is 9.59 Å². The van der Waals surface area contributed by atoms with Crippen LogP contribution < -0.4 is 5.32 Å². The van der Waals surface area contributed by atoms with Crippen LogP contribution in [0.15, 0.2) is 12.7 Å². The molecule has 9 heteroatoms. The van der Waals surface area contributed by atoms with Gasteiger partial charge in [-0.1, -0.05) is 6.58 Å². The molecular formula is C24H37NO8. The maximum absolute atomic E-state index is 11.8. The third-order valence-corrected chi connectivity index (χ3v) is 5.52. The lowest BCUT2D eigenvalue weighted by molar-refractivity contribution is -0.139. The topological polar surface area (TPSA) is 102 Å². The van der Waals surface area contributed by atoms with E-state index in [0.717, 1.165) is 31.8 Å². The summed E-state index contributed by atoms with van der Waals surface area (Å²) >= 11 is 0. The van der Waals surface area contributed by atoms with Crippen molar-refractivity contribution in [3.05, 3.63) is 12.7 Å². The first kappa shape index (κ1) is 27.1. The fraction of sp³-hybridized carbons (Fsp3) is 0.750. The van der Waals surface area contributed by atoms with Gasteiger partial charge in [0.15, 0.2) is 0 Å². The smallest absolute Gasteiger partial charge is 0.407 e. The zero-order valence-electron chi connectivity index (χ0n) is 19.4. The number of ether oxygens (including phenoxy) is 6. The van der Waals surface area contributed by atoms with Gasteiger partial charge in [0.25, 0.3) is 0 Å². The number of hydrogen-bond donors (Lipinski definition) is 1. The summed E-state index contributed by atoms with van der Waals surface area (Å²) in [7, 11) is 0. The SMILES string of the molecule is C=CC(=O)OCCOCCOCCOCCOCCNC(=O)OCC1[C@H]2CCC#CCC[C@@H]12. The quantitative estimate of drug-likeness (QED) is 0.141. The van der Waals surface area contributed by atoms with E-state index in [-0.39, 0.29) is 12.7 Å². The molecule has 2 rings (SSSR count). The Hall–Kier alpha value is -2.12. The van der Waals surface area contributed by atoms with Gasteiger partial charge in [0.05, 0.1) is 59.5 Å². The van der Waals surface area contributed by atoms with Crippen LogP contribution in [0.25, 0.3) is 0 Å². The molecule has 2 aliphatic rings. The summed E-state index contributed by atoms with van der Waals surface area (Å²) in [4.78, 5) is 22.6. The highest BCUT2D eigenvalue weighted by atomic mass is 16.6. The first-order valence-corrected chi connectivity index (χ1v) is 11.7. The van der Waals surface area contributed by atoms with Crippen molar-refractivity contribution in [2.24, 2.45) is 17.8 Å². The Bertz CT molecular complexity index is 626. The standard InChI is InChI=1S/C24H37NO8/c1-2-23(26)32-18-17-31-16-15-30-14-13-29-12-11-28-10-9-25-24(27)33-19-22-20-7-5-3-4-6-8-21(20)22/h2,20-22H,1,5-19H2,(H,25,27)/t20-,21+,22?. The zero-order valence-corrected chi connectivity index (χ0v) is 19.4. The average Bonchev–Trinajstić information content (AvgIpc) is 3.45. The fourth-order valence-electron chi connectivity index (χ4n) is 3.75. The number of alkyl carbamates (subject to hydrolysis) is 1. The average molecular weight is 468 g/mol. The molecule has 0 saturated heterocycles. The lowest BCUT2D eigenvalue weighted by Gasteiger charge is -2.09. The number of carbonyl (C=O) groups is 2. The van der Waals surface area contributed by atoms with Gasteiger partial charge in [-0.3, -0.25) is 0 Å². The van der Waals surface area contributed by atoms with Crippen molar-refractivity contribution in [1.29, 1.82) is 0 Å². The number of hydrogen-bond acceptors (Lipinski definition) is 8. The highest BCUT2D eigenvalue weighted by molar-refractivity contribution is 5.81. The maximum atomic E-state index is 11.8. The second kappa shape index (κ2) is 17.4. The van der Waals surface area contributed by atoms with Crippen molar-refractivity contribution in [1.82, 2.24) is 5.32 Å².